The maximum atomic E-state index is 11.4. The number of thioether (sulfide) groups is 1. The van der Waals surface area contributed by atoms with E-state index in [0.29, 0.717) is 17.3 Å². The Bertz CT molecular complexity index is 421. The molecule has 4 N–H and O–H groups in total. The van der Waals surface area contributed by atoms with Gasteiger partial charge < -0.3 is 20.7 Å². The highest BCUT2D eigenvalue weighted by atomic mass is 32.2. The largest absolute Gasteiger partial charge is 0.480 e. The van der Waals surface area contributed by atoms with E-state index in [1.165, 1.54) is 11.8 Å². The molecule has 0 aliphatic rings. The first-order valence-electron chi connectivity index (χ1n) is 5.28. The van der Waals surface area contributed by atoms with Crippen LogP contribution in [0.15, 0.2) is 10.6 Å². The lowest BCUT2D eigenvalue weighted by atomic mass is 10.4. The van der Waals surface area contributed by atoms with Crippen molar-refractivity contribution in [1.29, 1.82) is 0 Å². The van der Waals surface area contributed by atoms with Crippen LogP contribution in [0.2, 0.25) is 0 Å². The molecular formula is C10H15N3O4S. The number of anilines is 1. The van der Waals surface area contributed by atoms with Crippen LogP contribution in [-0.4, -0.2) is 39.7 Å². The predicted octanol–water partition coefficient (Wildman–Crippen LogP) is 0.457. The third-order valence-electron chi connectivity index (χ3n) is 1.98. The van der Waals surface area contributed by atoms with Crippen LogP contribution < -0.4 is 11.1 Å². The summed E-state index contributed by atoms with van der Waals surface area (Å²) >= 11 is 1.32. The Labute approximate surface area is 108 Å². The van der Waals surface area contributed by atoms with E-state index >= 15 is 0 Å². The molecule has 1 aromatic rings. The summed E-state index contributed by atoms with van der Waals surface area (Å²) in [5.74, 6) is 0.552. The Morgan fingerprint density at radius 2 is 2.39 bits per heavy atom. The van der Waals surface area contributed by atoms with Gasteiger partial charge in [-0.3, -0.25) is 9.59 Å². The molecular weight excluding hydrogens is 258 g/mol. The summed E-state index contributed by atoms with van der Waals surface area (Å²) in [5, 5.41) is 14.7. The monoisotopic (exact) mass is 273 g/mol. The maximum Gasteiger partial charge on any atom is 0.321 e. The number of hydrogen-bond acceptors (Lipinski definition) is 6. The quantitative estimate of drug-likeness (QED) is 0.617. The van der Waals surface area contributed by atoms with Gasteiger partial charge in [-0.2, -0.15) is 11.8 Å². The molecule has 0 aliphatic carbocycles. The van der Waals surface area contributed by atoms with Crippen molar-refractivity contribution in [3.8, 4) is 0 Å². The molecule has 0 aromatic carbocycles. The van der Waals surface area contributed by atoms with E-state index in [2.05, 4.69) is 10.5 Å². The molecule has 8 heteroatoms. The maximum absolute atomic E-state index is 11.4. The average molecular weight is 273 g/mol. The first-order chi connectivity index (χ1) is 8.49. The van der Waals surface area contributed by atoms with E-state index in [1.54, 1.807) is 13.0 Å². The Morgan fingerprint density at radius 3 is 2.94 bits per heavy atom. The fourth-order valence-electron chi connectivity index (χ4n) is 1.08. The van der Waals surface area contributed by atoms with Crippen molar-refractivity contribution in [1.82, 2.24) is 5.16 Å². The van der Waals surface area contributed by atoms with Gasteiger partial charge in [0.05, 0.1) is 0 Å². The first-order valence-corrected chi connectivity index (χ1v) is 6.44. The average Bonchev–Trinajstić information content (AvgIpc) is 2.69. The van der Waals surface area contributed by atoms with Crippen molar-refractivity contribution in [3.05, 3.63) is 11.8 Å². The molecule has 0 saturated heterocycles. The molecule has 0 bridgehead atoms. The van der Waals surface area contributed by atoms with Gasteiger partial charge in [0, 0.05) is 24.0 Å². The minimum atomic E-state index is -1.04. The van der Waals surface area contributed by atoms with Crippen LogP contribution in [0.25, 0.3) is 0 Å². The summed E-state index contributed by atoms with van der Waals surface area (Å²) in [5.41, 5.74) is 5.32. The molecule has 1 atom stereocenters. The van der Waals surface area contributed by atoms with Crippen molar-refractivity contribution >= 4 is 29.5 Å². The number of hydrogen-bond donors (Lipinski definition) is 3. The molecule has 1 rings (SSSR count). The van der Waals surface area contributed by atoms with Gasteiger partial charge in [0.15, 0.2) is 5.82 Å². The van der Waals surface area contributed by atoms with Gasteiger partial charge in [-0.1, -0.05) is 5.16 Å². The molecule has 18 heavy (non-hydrogen) atoms. The number of amides is 1. The minimum absolute atomic E-state index is 0.195. The fourth-order valence-corrected chi connectivity index (χ4v) is 1.97. The van der Waals surface area contributed by atoms with Crippen LogP contribution in [0, 0.1) is 6.92 Å². The van der Waals surface area contributed by atoms with Crippen molar-refractivity contribution in [2.45, 2.75) is 19.4 Å². The Morgan fingerprint density at radius 1 is 1.67 bits per heavy atom. The molecule has 0 radical (unpaired) electrons. The second-order valence-corrected chi connectivity index (χ2v) is 4.79. The highest BCUT2D eigenvalue weighted by Crippen LogP contribution is 2.09. The van der Waals surface area contributed by atoms with Gasteiger partial charge in [-0.05, 0) is 6.92 Å². The SMILES string of the molecule is Cc1cc(NC(=O)CCSC[C@H](N)C(=O)O)no1. The molecule has 1 aromatic heterocycles. The van der Waals surface area contributed by atoms with Crippen LogP contribution in [0.4, 0.5) is 5.82 Å². The van der Waals surface area contributed by atoms with Gasteiger partial charge in [-0.15, -0.1) is 0 Å². The second-order valence-electron chi connectivity index (χ2n) is 3.64. The summed E-state index contributed by atoms with van der Waals surface area (Å²) in [6.07, 6.45) is 0.267. The van der Waals surface area contributed by atoms with Crippen molar-refractivity contribution in [3.63, 3.8) is 0 Å². The van der Waals surface area contributed by atoms with E-state index in [0.717, 1.165) is 0 Å². The molecule has 0 unspecified atom stereocenters. The van der Waals surface area contributed by atoms with Crippen molar-refractivity contribution in [2.75, 3.05) is 16.8 Å². The van der Waals surface area contributed by atoms with Crippen LogP contribution in [0.5, 0.6) is 0 Å². The molecule has 1 amide bonds. The Hall–Kier alpha value is -1.54. The predicted molar refractivity (Wildman–Crippen MR) is 67.4 cm³/mol. The van der Waals surface area contributed by atoms with Gasteiger partial charge >= 0.3 is 5.97 Å². The molecule has 100 valence electrons. The van der Waals surface area contributed by atoms with Crippen LogP contribution in [0.3, 0.4) is 0 Å². The molecule has 1 heterocycles. The van der Waals surface area contributed by atoms with Gasteiger partial charge in [0.2, 0.25) is 5.91 Å². The standard InChI is InChI=1S/C10H15N3O4S/c1-6-4-8(13-17-6)12-9(14)2-3-18-5-7(11)10(15)16/h4,7H,2-3,5,11H2,1H3,(H,15,16)(H,12,13,14)/t7-/m0/s1. The lowest BCUT2D eigenvalue weighted by molar-refractivity contribution is -0.137. The third kappa shape index (κ3) is 5.19. The Kier molecular flexibility index (Phi) is 5.66. The highest BCUT2D eigenvalue weighted by Gasteiger charge is 2.11. The number of nitrogens with two attached hydrogens (primary N) is 1. The van der Waals surface area contributed by atoms with E-state index in [1.807, 2.05) is 0 Å². The van der Waals surface area contributed by atoms with E-state index in [-0.39, 0.29) is 18.1 Å². The number of nitrogens with zero attached hydrogens (tertiary/aromatic N) is 1. The first kappa shape index (κ1) is 14.5. The second kappa shape index (κ2) is 7.02. The highest BCUT2D eigenvalue weighted by molar-refractivity contribution is 7.99. The normalized spacial score (nSPS) is 12.1. The topological polar surface area (TPSA) is 118 Å². The molecule has 0 saturated carbocycles. The molecule has 0 fully saturated rings. The summed E-state index contributed by atoms with van der Waals surface area (Å²) in [4.78, 5) is 21.9. The molecule has 7 nitrogen and oxygen atoms in total. The van der Waals surface area contributed by atoms with Crippen LogP contribution in [0.1, 0.15) is 12.2 Å². The number of aryl methyl sites for hydroxylation is 1. The van der Waals surface area contributed by atoms with Gasteiger partial charge in [0.25, 0.3) is 0 Å². The van der Waals surface area contributed by atoms with Crippen molar-refractivity contribution < 1.29 is 19.2 Å². The van der Waals surface area contributed by atoms with Crippen LogP contribution >= 0.6 is 11.8 Å². The van der Waals surface area contributed by atoms with Crippen LogP contribution in [-0.2, 0) is 9.59 Å². The fraction of sp³-hybridized carbons (Fsp3) is 0.500. The Balaban J connectivity index is 2.16. The lowest BCUT2D eigenvalue weighted by Crippen LogP contribution is -2.32. The number of nitrogens with one attached hydrogen (secondary N) is 1. The van der Waals surface area contributed by atoms with Gasteiger partial charge in [0.1, 0.15) is 11.8 Å². The number of aliphatic carboxylic acids is 1. The van der Waals surface area contributed by atoms with Gasteiger partial charge in [-0.25, -0.2) is 0 Å². The summed E-state index contributed by atoms with van der Waals surface area (Å²) in [6.45, 7) is 1.73. The zero-order valence-corrected chi connectivity index (χ0v) is 10.7. The number of carboxylic acid groups (broad SMARTS) is 1. The zero-order valence-electron chi connectivity index (χ0n) is 9.88. The summed E-state index contributed by atoms with van der Waals surface area (Å²) in [6, 6.07) is 0.724. The molecule has 0 spiro atoms. The number of carboxylic acids is 1. The summed E-state index contributed by atoms with van der Waals surface area (Å²) in [7, 11) is 0. The zero-order chi connectivity index (χ0) is 13.5. The third-order valence-corrected chi connectivity index (χ3v) is 3.07. The van der Waals surface area contributed by atoms with E-state index < -0.39 is 12.0 Å². The number of carbonyl (C=O) groups excluding carboxylic acids is 1. The molecule has 0 aliphatic heterocycles. The lowest BCUT2D eigenvalue weighted by Gasteiger charge is -2.05. The number of rotatable bonds is 7. The number of carbonyl (C=O) groups is 2. The van der Waals surface area contributed by atoms with E-state index in [4.69, 9.17) is 15.4 Å². The van der Waals surface area contributed by atoms with E-state index in [9.17, 15) is 9.59 Å². The smallest absolute Gasteiger partial charge is 0.321 e. The summed E-state index contributed by atoms with van der Waals surface area (Å²) < 4.78 is 4.80. The minimum Gasteiger partial charge on any atom is -0.480 e. The number of aromatic nitrogens is 1. The van der Waals surface area contributed by atoms with Crippen molar-refractivity contribution in [2.24, 2.45) is 5.73 Å².